The van der Waals surface area contributed by atoms with Crippen molar-refractivity contribution in [1.29, 1.82) is 0 Å². The van der Waals surface area contributed by atoms with Gasteiger partial charge < -0.3 is 4.57 Å². The van der Waals surface area contributed by atoms with Crippen LogP contribution in [0.4, 0.5) is 0 Å². The molecular weight excluding hydrogens is 773 g/mol. The molecule has 0 aliphatic carbocycles. The molecule has 0 spiro atoms. The fourth-order valence-corrected chi connectivity index (χ4v) is 10.2. The molecule has 0 unspecified atom stereocenters. The zero-order valence-electron chi connectivity index (χ0n) is 33.5. The molecule has 9 aromatic carbocycles. The third kappa shape index (κ3) is 6.18. The van der Waals surface area contributed by atoms with E-state index in [1.165, 1.54) is 59.5 Å². The second-order valence-corrected chi connectivity index (χ2v) is 16.6. The van der Waals surface area contributed by atoms with Crippen molar-refractivity contribution in [3.05, 3.63) is 218 Å². The van der Waals surface area contributed by atoms with Crippen LogP contribution >= 0.6 is 11.3 Å². The quantitative estimate of drug-likeness (QED) is 0.161. The molecule has 290 valence electrons. The smallest absolute Gasteiger partial charge is 0.165 e. The van der Waals surface area contributed by atoms with Gasteiger partial charge in [-0.1, -0.05) is 194 Å². The van der Waals surface area contributed by atoms with Crippen molar-refractivity contribution < 1.29 is 0 Å². The molecule has 3 heterocycles. The molecule has 12 aromatic rings. The average molecular weight is 809 g/mol. The second-order valence-electron chi connectivity index (χ2n) is 15.6. The van der Waals surface area contributed by atoms with E-state index < -0.39 is 0 Å². The van der Waals surface area contributed by atoms with E-state index in [1.54, 1.807) is 0 Å². The van der Waals surface area contributed by atoms with Crippen molar-refractivity contribution in [1.82, 2.24) is 19.5 Å². The first kappa shape index (κ1) is 35.9. The maximum atomic E-state index is 5.27. The first-order valence-corrected chi connectivity index (χ1v) is 21.7. The van der Waals surface area contributed by atoms with Gasteiger partial charge in [0, 0.05) is 48.6 Å². The molecule has 12 rings (SSSR count). The van der Waals surface area contributed by atoms with Gasteiger partial charge in [-0.2, -0.15) is 0 Å². The topological polar surface area (TPSA) is 43.6 Å². The highest BCUT2D eigenvalue weighted by molar-refractivity contribution is 7.27. The van der Waals surface area contributed by atoms with Gasteiger partial charge in [-0.25, -0.2) is 15.0 Å². The molecule has 0 radical (unpaired) electrons. The van der Waals surface area contributed by atoms with Gasteiger partial charge in [-0.3, -0.25) is 0 Å². The van der Waals surface area contributed by atoms with Crippen molar-refractivity contribution in [3.63, 3.8) is 0 Å². The normalized spacial score (nSPS) is 11.5. The number of hydrogen-bond acceptors (Lipinski definition) is 4. The lowest BCUT2D eigenvalue weighted by Gasteiger charge is -2.11. The number of thiophene rings is 1. The molecule has 0 bridgehead atoms. The Morgan fingerprint density at radius 2 is 0.758 bits per heavy atom. The number of benzene rings is 9. The van der Waals surface area contributed by atoms with Crippen LogP contribution in [-0.4, -0.2) is 19.5 Å². The van der Waals surface area contributed by atoms with Gasteiger partial charge >= 0.3 is 0 Å². The van der Waals surface area contributed by atoms with Gasteiger partial charge in [0.05, 0.1) is 15.7 Å². The molecule has 0 amide bonds. The summed E-state index contributed by atoms with van der Waals surface area (Å²) in [4.78, 5) is 15.7. The van der Waals surface area contributed by atoms with Crippen LogP contribution in [0.2, 0.25) is 0 Å². The summed E-state index contributed by atoms with van der Waals surface area (Å²) in [6.45, 7) is 0. The number of hydrogen-bond donors (Lipinski definition) is 0. The minimum Gasteiger partial charge on any atom is -0.308 e. The number of nitrogens with zero attached hydrogens (tertiary/aromatic N) is 4. The van der Waals surface area contributed by atoms with Gasteiger partial charge in [-0.15, -0.1) is 11.3 Å². The van der Waals surface area contributed by atoms with E-state index in [0.29, 0.717) is 17.5 Å². The third-order valence-corrected chi connectivity index (χ3v) is 13.1. The predicted octanol–water partition coefficient (Wildman–Crippen LogP) is 15.3. The molecular formula is C57H36N4S. The first-order valence-electron chi connectivity index (χ1n) is 20.8. The molecule has 0 saturated carbocycles. The summed E-state index contributed by atoms with van der Waals surface area (Å²) in [6.07, 6.45) is 0. The lowest BCUT2D eigenvalue weighted by atomic mass is 10.0. The summed E-state index contributed by atoms with van der Waals surface area (Å²) in [7, 11) is 0. The standard InChI is InChI=1S/C57H36N4S/c1-4-14-37(15-5-1)40-26-30-42(31-27-40)55-58-56(43-32-28-41(29-33-43)38-16-6-2-7-17-38)60-57(59-55)50-24-13-23-48-49-35-34-47-46-22-10-11-25-51(46)61(52(47)54(49)62-53(48)50)45-21-12-20-44(36-45)39-18-8-3-9-19-39/h1-36H. The highest BCUT2D eigenvalue weighted by Crippen LogP contribution is 2.46. The molecule has 0 saturated heterocycles. The van der Waals surface area contributed by atoms with Crippen LogP contribution in [0.25, 0.3) is 115 Å². The van der Waals surface area contributed by atoms with Crippen molar-refractivity contribution in [2.24, 2.45) is 0 Å². The molecule has 4 nitrogen and oxygen atoms in total. The number of rotatable bonds is 7. The fraction of sp³-hybridized carbons (Fsp3) is 0. The van der Waals surface area contributed by atoms with Crippen molar-refractivity contribution in [2.75, 3.05) is 0 Å². The maximum absolute atomic E-state index is 5.27. The molecule has 62 heavy (non-hydrogen) atoms. The minimum absolute atomic E-state index is 0.635. The molecule has 5 heteroatoms. The third-order valence-electron chi connectivity index (χ3n) is 11.9. The van der Waals surface area contributed by atoms with Crippen LogP contribution in [0, 0.1) is 0 Å². The SMILES string of the molecule is c1ccc(-c2ccc(-c3nc(-c4ccc(-c5ccccc5)cc4)nc(-c4cccc5c4sc4c5ccc5c6ccccc6n(-c6cccc(-c7ccccc7)c6)c54)n3)cc2)cc1. The van der Waals surface area contributed by atoms with Crippen molar-refractivity contribution in [2.45, 2.75) is 0 Å². The van der Waals surface area contributed by atoms with Gasteiger partial charge in [0.2, 0.25) is 0 Å². The van der Waals surface area contributed by atoms with Gasteiger partial charge in [0.15, 0.2) is 17.5 Å². The first-order chi connectivity index (χ1) is 30.7. The Bertz CT molecular complexity index is 3490. The van der Waals surface area contributed by atoms with Crippen LogP contribution in [0.1, 0.15) is 0 Å². The summed E-state index contributed by atoms with van der Waals surface area (Å²) >= 11 is 1.82. The van der Waals surface area contributed by atoms with Crippen molar-refractivity contribution in [3.8, 4) is 73.2 Å². The Morgan fingerprint density at radius 1 is 0.306 bits per heavy atom. The van der Waals surface area contributed by atoms with Crippen LogP contribution < -0.4 is 0 Å². The van der Waals surface area contributed by atoms with Crippen molar-refractivity contribution >= 4 is 53.3 Å². The largest absolute Gasteiger partial charge is 0.308 e. The van der Waals surface area contributed by atoms with E-state index in [2.05, 4.69) is 211 Å². The van der Waals surface area contributed by atoms with Crippen LogP contribution in [0.5, 0.6) is 0 Å². The van der Waals surface area contributed by atoms with Gasteiger partial charge in [-0.05, 0) is 57.6 Å². The summed E-state index contributed by atoms with van der Waals surface area (Å²) in [6, 6.07) is 77.4. The van der Waals surface area contributed by atoms with Crippen LogP contribution in [-0.2, 0) is 0 Å². The van der Waals surface area contributed by atoms with E-state index in [-0.39, 0.29) is 0 Å². The summed E-state index contributed by atoms with van der Waals surface area (Å²) < 4.78 is 4.83. The number of fused-ring (bicyclic) bond motifs is 7. The van der Waals surface area contributed by atoms with E-state index in [9.17, 15) is 0 Å². The highest BCUT2D eigenvalue weighted by Gasteiger charge is 2.21. The van der Waals surface area contributed by atoms with Gasteiger partial charge in [0.1, 0.15) is 0 Å². The molecule has 0 N–H and O–H groups in total. The van der Waals surface area contributed by atoms with Crippen LogP contribution in [0.15, 0.2) is 218 Å². The zero-order chi connectivity index (χ0) is 41.0. The Balaban J connectivity index is 1.05. The minimum atomic E-state index is 0.635. The summed E-state index contributed by atoms with van der Waals surface area (Å²) in [5.41, 5.74) is 13.4. The Labute approximate surface area is 362 Å². The van der Waals surface area contributed by atoms with E-state index in [1.807, 2.05) is 23.5 Å². The van der Waals surface area contributed by atoms with E-state index >= 15 is 0 Å². The number of para-hydroxylation sites is 1. The summed E-state index contributed by atoms with van der Waals surface area (Å²) in [5, 5.41) is 4.86. The van der Waals surface area contributed by atoms with E-state index in [0.717, 1.165) is 38.2 Å². The average Bonchev–Trinajstić information content (AvgIpc) is 3.91. The van der Waals surface area contributed by atoms with Gasteiger partial charge in [0.25, 0.3) is 0 Å². The Kier molecular flexibility index (Phi) is 8.65. The highest BCUT2D eigenvalue weighted by atomic mass is 32.1. The Morgan fingerprint density at radius 3 is 1.39 bits per heavy atom. The molecule has 0 aliphatic heterocycles. The number of aromatic nitrogens is 4. The molecule has 0 atom stereocenters. The Hall–Kier alpha value is -7.99. The van der Waals surface area contributed by atoms with E-state index in [4.69, 9.17) is 15.0 Å². The second kappa shape index (κ2) is 14.9. The summed E-state index contributed by atoms with van der Waals surface area (Å²) in [5.74, 6) is 1.92. The fourth-order valence-electron chi connectivity index (χ4n) is 8.84. The lowest BCUT2D eigenvalue weighted by Crippen LogP contribution is -2.00. The molecule has 0 fully saturated rings. The monoisotopic (exact) mass is 808 g/mol. The zero-order valence-corrected chi connectivity index (χ0v) is 34.3. The van der Waals surface area contributed by atoms with Crippen LogP contribution in [0.3, 0.4) is 0 Å². The molecule has 3 aromatic heterocycles. The lowest BCUT2D eigenvalue weighted by molar-refractivity contribution is 1.08. The maximum Gasteiger partial charge on any atom is 0.165 e. The molecule has 0 aliphatic rings. The predicted molar refractivity (Wildman–Crippen MR) is 260 cm³/mol.